The van der Waals surface area contributed by atoms with E-state index in [2.05, 4.69) is 30.3 Å². The van der Waals surface area contributed by atoms with Crippen LogP contribution in [0.5, 0.6) is 0 Å². The highest BCUT2D eigenvalue weighted by Crippen LogP contribution is 2.26. The molecule has 104 valence electrons. The molecule has 4 nitrogen and oxygen atoms in total. The van der Waals surface area contributed by atoms with E-state index >= 15 is 0 Å². The quantitative estimate of drug-likeness (QED) is 0.869. The van der Waals surface area contributed by atoms with Crippen molar-refractivity contribution in [3.8, 4) is 0 Å². The number of aryl methyl sites for hydroxylation is 2. The number of nitrogens with two attached hydrogens (primary N) is 1. The van der Waals surface area contributed by atoms with Gasteiger partial charge in [0.15, 0.2) is 5.65 Å². The van der Waals surface area contributed by atoms with Gasteiger partial charge in [0.25, 0.3) is 0 Å². The summed E-state index contributed by atoms with van der Waals surface area (Å²) in [6, 6.07) is 3.97. The molecule has 2 rings (SSSR count). The smallest absolute Gasteiger partial charge is 0.159 e. The second kappa shape index (κ2) is 5.70. The van der Waals surface area contributed by atoms with Gasteiger partial charge in [-0.1, -0.05) is 13.8 Å². The first-order chi connectivity index (χ1) is 9.07. The average Bonchev–Trinajstić information content (AvgIpc) is 2.74. The highest BCUT2D eigenvalue weighted by molar-refractivity contribution is 5.71. The third-order valence-corrected chi connectivity index (χ3v) is 3.75. The minimum atomic E-state index is 0.277. The zero-order valence-electron chi connectivity index (χ0n) is 12.2. The zero-order valence-corrected chi connectivity index (χ0v) is 12.2. The third kappa shape index (κ3) is 3.13. The molecule has 2 aromatic rings. The van der Waals surface area contributed by atoms with Gasteiger partial charge in [-0.3, -0.25) is 0 Å². The normalized spacial score (nSPS) is 12.2. The maximum atomic E-state index is 5.67. The summed E-state index contributed by atoms with van der Waals surface area (Å²) in [6.07, 6.45) is 4.97. The molecule has 2 N–H and O–H groups in total. The molecule has 2 aromatic heterocycles. The van der Waals surface area contributed by atoms with Crippen molar-refractivity contribution in [2.24, 2.45) is 11.1 Å². The second-order valence-electron chi connectivity index (χ2n) is 5.82. The van der Waals surface area contributed by atoms with Gasteiger partial charge in [-0.2, -0.15) is 0 Å². The van der Waals surface area contributed by atoms with E-state index in [0.29, 0.717) is 0 Å². The molecule has 0 saturated heterocycles. The van der Waals surface area contributed by atoms with Crippen molar-refractivity contribution in [2.45, 2.75) is 46.6 Å². The molecule has 2 heterocycles. The maximum absolute atomic E-state index is 5.67. The molecule has 4 heteroatoms. The van der Waals surface area contributed by atoms with Crippen LogP contribution >= 0.6 is 0 Å². The molecule has 19 heavy (non-hydrogen) atoms. The highest BCUT2D eigenvalue weighted by Gasteiger charge is 2.19. The minimum absolute atomic E-state index is 0.277. The van der Waals surface area contributed by atoms with Crippen molar-refractivity contribution in [1.29, 1.82) is 0 Å². The summed E-state index contributed by atoms with van der Waals surface area (Å²) in [6.45, 7) is 8.36. The van der Waals surface area contributed by atoms with E-state index in [-0.39, 0.29) is 5.41 Å². The van der Waals surface area contributed by atoms with Crippen LogP contribution < -0.4 is 5.73 Å². The van der Waals surface area contributed by atoms with E-state index in [0.717, 1.165) is 49.3 Å². The van der Waals surface area contributed by atoms with Crippen LogP contribution in [0.25, 0.3) is 11.2 Å². The van der Waals surface area contributed by atoms with Crippen molar-refractivity contribution in [3.63, 3.8) is 0 Å². The average molecular weight is 260 g/mol. The summed E-state index contributed by atoms with van der Waals surface area (Å²) < 4.78 is 2.22. The topological polar surface area (TPSA) is 56.7 Å². The number of nitrogens with zero attached hydrogens (tertiary/aromatic N) is 3. The van der Waals surface area contributed by atoms with Crippen molar-refractivity contribution in [3.05, 3.63) is 24.2 Å². The Bertz CT molecular complexity index is 542. The van der Waals surface area contributed by atoms with Crippen LogP contribution in [0.1, 0.15) is 39.4 Å². The Morgan fingerprint density at radius 1 is 1.32 bits per heavy atom. The fourth-order valence-electron chi connectivity index (χ4n) is 2.49. The minimum Gasteiger partial charge on any atom is -0.330 e. The van der Waals surface area contributed by atoms with Crippen LogP contribution in [-0.2, 0) is 13.0 Å². The van der Waals surface area contributed by atoms with Crippen LogP contribution in [0.3, 0.4) is 0 Å². The van der Waals surface area contributed by atoms with Gasteiger partial charge in [-0.25, -0.2) is 9.97 Å². The Labute approximate surface area is 115 Å². The first-order valence-corrected chi connectivity index (χ1v) is 7.07. The van der Waals surface area contributed by atoms with Crippen LogP contribution in [0, 0.1) is 5.41 Å². The molecule has 0 bridgehead atoms. The number of hydrogen-bond donors (Lipinski definition) is 1. The van der Waals surface area contributed by atoms with Crippen LogP contribution in [0.4, 0.5) is 0 Å². The van der Waals surface area contributed by atoms with Crippen molar-refractivity contribution >= 4 is 11.2 Å². The number of aromatic nitrogens is 3. The lowest BCUT2D eigenvalue weighted by Gasteiger charge is -2.23. The molecule has 0 unspecified atom stereocenters. The highest BCUT2D eigenvalue weighted by atomic mass is 15.1. The summed E-state index contributed by atoms with van der Waals surface area (Å²) in [5, 5.41) is 0. The summed E-state index contributed by atoms with van der Waals surface area (Å²) >= 11 is 0. The molecular formula is C15H24N4. The predicted molar refractivity (Wildman–Crippen MR) is 79.0 cm³/mol. The number of pyridine rings is 1. The number of hydrogen-bond acceptors (Lipinski definition) is 3. The summed E-state index contributed by atoms with van der Waals surface area (Å²) in [4.78, 5) is 9.15. The molecular weight excluding hydrogens is 236 g/mol. The second-order valence-corrected chi connectivity index (χ2v) is 5.82. The predicted octanol–water partition coefficient (Wildman–Crippen LogP) is 2.76. The van der Waals surface area contributed by atoms with E-state index < -0.39 is 0 Å². The van der Waals surface area contributed by atoms with E-state index in [4.69, 9.17) is 10.7 Å². The van der Waals surface area contributed by atoms with Gasteiger partial charge in [0.05, 0.1) is 0 Å². The van der Waals surface area contributed by atoms with Gasteiger partial charge >= 0.3 is 0 Å². The van der Waals surface area contributed by atoms with Gasteiger partial charge in [-0.15, -0.1) is 0 Å². The fourth-order valence-corrected chi connectivity index (χ4v) is 2.49. The summed E-state index contributed by atoms with van der Waals surface area (Å²) in [7, 11) is 0. The molecule has 0 spiro atoms. The third-order valence-electron chi connectivity index (χ3n) is 3.75. The van der Waals surface area contributed by atoms with E-state index in [1.165, 1.54) is 0 Å². The summed E-state index contributed by atoms with van der Waals surface area (Å²) in [5.74, 6) is 1.14. The number of rotatable bonds is 6. The first kappa shape index (κ1) is 14.0. The number of imidazole rings is 1. The summed E-state index contributed by atoms with van der Waals surface area (Å²) in [5.41, 5.74) is 7.94. The zero-order chi connectivity index (χ0) is 13.9. The fraction of sp³-hybridized carbons (Fsp3) is 0.600. The number of fused-ring (bicyclic) bond motifs is 1. The molecule has 0 atom stereocenters. The Hall–Kier alpha value is -1.42. The monoisotopic (exact) mass is 260 g/mol. The largest absolute Gasteiger partial charge is 0.330 e. The molecule has 0 aliphatic heterocycles. The van der Waals surface area contributed by atoms with Gasteiger partial charge in [0, 0.05) is 19.2 Å². The van der Waals surface area contributed by atoms with Crippen molar-refractivity contribution in [2.75, 3.05) is 6.54 Å². The van der Waals surface area contributed by atoms with Gasteiger partial charge in [-0.05, 0) is 43.9 Å². The Morgan fingerprint density at radius 2 is 2.11 bits per heavy atom. The molecule has 0 aromatic carbocycles. The lowest BCUT2D eigenvalue weighted by molar-refractivity contribution is 0.309. The SMILES string of the molecule is CCn1c(CCC(C)(C)CCN)nc2cccnc21. The lowest BCUT2D eigenvalue weighted by atomic mass is 9.84. The van der Waals surface area contributed by atoms with Crippen LogP contribution in [0.15, 0.2) is 18.3 Å². The molecule has 0 radical (unpaired) electrons. The van der Waals surface area contributed by atoms with E-state index in [9.17, 15) is 0 Å². The molecule has 0 saturated carbocycles. The van der Waals surface area contributed by atoms with Crippen molar-refractivity contribution < 1.29 is 0 Å². The Kier molecular flexibility index (Phi) is 4.20. The maximum Gasteiger partial charge on any atom is 0.159 e. The van der Waals surface area contributed by atoms with Crippen LogP contribution in [0.2, 0.25) is 0 Å². The lowest BCUT2D eigenvalue weighted by Crippen LogP contribution is -2.18. The molecule has 0 aliphatic rings. The standard InChI is InChI=1S/C15H24N4/c1-4-19-13(7-8-15(2,3)9-10-16)18-12-6-5-11-17-14(12)19/h5-6,11H,4,7-10,16H2,1-3H3. The van der Waals surface area contributed by atoms with Gasteiger partial charge < -0.3 is 10.3 Å². The Morgan fingerprint density at radius 3 is 2.79 bits per heavy atom. The molecule has 0 amide bonds. The van der Waals surface area contributed by atoms with E-state index in [1.807, 2.05) is 18.3 Å². The molecule has 0 fully saturated rings. The van der Waals surface area contributed by atoms with E-state index in [1.54, 1.807) is 0 Å². The molecule has 0 aliphatic carbocycles. The van der Waals surface area contributed by atoms with Crippen molar-refractivity contribution in [1.82, 2.24) is 14.5 Å². The van der Waals surface area contributed by atoms with Crippen LogP contribution in [-0.4, -0.2) is 21.1 Å². The first-order valence-electron chi connectivity index (χ1n) is 7.07. The van der Waals surface area contributed by atoms with Gasteiger partial charge in [0.1, 0.15) is 11.3 Å². The Balaban J connectivity index is 2.21. The van der Waals surface area contributed by atoms with Gasteiger partial charge in [0.2, 0.25) is 0 Å².